The van der Waals surface area contributed by atoms with E-state index >= 15 is 0 Å². The van der Waals surface area contributed by atoms with E-state index in [1.54, 1.807) is 12.1 Å². The predicted molar refractivity (Wildman–Crippen MR) is 66.5 cm³/mol. The van der Waals surface area contributed by atoms with E-state index in [2.05, 4.69) is 14.7 Å². The molecule has 96 valence electrons. The number of sulfonamides is 1. The highest BCUT2D eigenvalue weighted by Gasteiger charge is 2.16. The van der Waals surface area contributed by atoms with Crippen molar-refractivity contribution in [2.45, 2.75) is 18.4 Å². The summed E-state index contributed by atoms with van der Waals surface area (Å²) in [5, 5.41) is 8.88. The van der Waals surface area contributed by atoms with E-state index in [0.29, 0.717) is 11.4 Å². The van der Waals surface area contributed by atoms with Gasteiger partial charge in [0.2, 0.25) is 0 Å². The Labute approximate surface area is 105 Å². The Hall–Kier alpha value is -1.86. The third-order valence-electron chi connectivity index (χ3n) is 2.36. The maximum atomic E-state index is 12.0. The summed E-state index contributed by atoms with van der Waals surface area (Å²) in [5.41, 5.74) is 1.65. The number of aromatic amines is 1. The molecule has 0 saturated carbocycles. The second-order valence-corrected chi connectivity index (χ2v) is 5.49. The van der Waals surface area contributed by atoms with E-state index in [1.165, 1.54) is 18.5 Å². The van der Waals surface area contributed by atoms with Crippen molar-refractivity contribution >= 4 is 15.7 Å². The molecule has 0 aromatic carbocycles. The van der Waals surface area contributed by atoms with Crippen LogP contribution in [0.25, 0.3) is 0 Å². The molecule has 0 atom stereocenters. The molecule has 0 fully saturated rings. The number of hydrogen-bond acceptors (Lipinski definition) is 4. The minimum Gasteiger partial charge on any atom is -0.390 e. The highest BCUT2D eigenvalue weighted by atomic mass is 32.2. The Kier molecular flexibility index (Phi) is 3.35. The Bertz CT molecular complexity index is 632. The minimum atomic E-state index is -3.65. The zero-order chi connectivity index (χ0) is 13.2. The molecule has 0 amide bonds. The second kappa shape index (κ2) is 4.79. The lowest BCUT2D eigenvalue weighted by atomic mass is 10.4. The van der Waals surface area contributed by atoms with Gasteiger partial charge >= 0.3 is 0 Å². The molecule has 0 aliphatic heterocycles. The average Bonchev–Trinajstić information content (AvgIpc) is 2.81. The molecule has 3 N–H and O–H groups in total. The molecule has 7 heteroatoms. The van der Waals surface area contributed by atoms with Gasteiger partial charge in [0.1, 0.15) is 4.90 Å². The lowest BCUT2D eigenvalue weighted by molar-refractivity contribution is 0.277. The summed E-state index contributed by atoms with van der Waals surface area (Å²) < 4.78 is 26.4. The molecule has 6 nitrogen and oxygen atoms in total. The number of anilines is 1. The predicted octanol–water partition coefficient (Wildman–Crippen LogP) is 1.01. The summed E-state index contributed by atoms with van der Waals surface area (Å²) in [6, 6.07) is 4.73. The number of aromatic nitrogens is 2. The van der Waals surface area contributed by atoms with E-state index in [-0.39, 0.29) is 11.5 Å². The number of aryl methyl sites for hydroxylation is 1. The smallest absolute Gasteiger partial charge is 0.263 e. The van der Waals surface area contributed by atoms with Gasteiger partial charge in [0.05, 0.1) is 18.5 Å². The largest absolute Gasteiger partial charge is 0.390 e. The van der Waals surface area contributed by atoms with Gasteiger partial charge in [-0.25, -0.2) is 8.42 Å². The number of H-pyrrole nitrogens is 1. The Morgan fingerprint density at radius 3 is 2.78 bits per heavy atom. The number of rotatable bonds is 4. The molecule has 2 aromatic heterocycles. The van der Waals surface area contributed by atoms with Crippen LogP contribution < -0.4 is 4.72 Å². The summed E-state index contributed by atoms with van der Waals surface area (Å²) in [6.45, 7) is 1.58. The molecule has 0 aliphatic rings. The van der Waals surface area contributed by atoms with Crippen LogP contribution in [0.4, 0.5) is 5.69 Å². The Morgan fingerprint density at radius 1 is 1.44 bits per heavy atom. The molecule has 0 unspecified atom stereocenters. The number of pyridine rings is 1. The minimum absolute atomic E-state index is 0.0760. The fourth-order valence-corrected chi connectivity index (χ4v) is 2.47. The normalized spacial score (nSPS) is 11.4. The van der Waals surface area contributed by atoms with Crippen molar-refractivity contribution in [3.05, 3.63) is 42.0 Å². The number of aliphatic hydroxyl groups is 1. The number of nitrogens with zero attached hydrogens (tertiary/aromatic N) is 1. The third-order valence-corrected chi connectivity index (χ3v) is 3.72. The van der Waals surface area contributed by atoms with E-state index < -0.39 is 10.0 Å². The zero-order valence-corrected chi connectivity index (χ0v) is 10.5. The van der Waals surface area contributed by atoms with E-state index in [1.807, 2.05) is 6.92 Å². The topological polar surface area (TPSA) is 95.1 Å². The van der Waals surface area contributed by atoms with Crippen LogP contribution in [0.2, 0.25) is 0 Å². The highest BCUT2D eigenvalue weighted by molar-refractivity contribution is 7.92. The first kappa shape index (κ1) is 12.6. The van der Waals surface area contributed by atoms with Crippen LogP contribution in [0.3, 0.4) is 0 Å². The highest BCUT2D eigenvalue weighted by Crippen LogP contribution is 2.16. The van der Waals surface area contributed by atoms with E-state index in [0.717, 1.165) is 5.69 Å². The molecular weight excluding hydrogens is 254 g/mol. The monoisotopic (exact) mass is 267 g/mol. The Morgan fingerprint density at radius 2 is 2.22 bits per heavy atom. The third kappa shape index (κ3) is 2.69. The summed E-state index contributed by atoms with van der Waals surface area (Å²) in [7, 11) is -3.65. The van der Waals surface area contributed by atoms with Crippen LogP contribution in [-0.4, -0.2) is 23.5 Å². The van der Waals surface area contributed by atoms with Crippen LogP contribution in [0.15, 0.2) is 35.5 Å². The van der Waals surface area contributed by atoms with Crippen molar-refractivity contribution in [3.63, 3.8) is 0 Å². The number of hydrogen-bond donors (Lipinski definition) is 3. The molecule has 2 aromatic rings. The van der Waals surface area contributed by atoms with Crippen molar-refractivity contribution in [3.8, 4) is 0 Å². The van der Waals surface area contributed by atoms with Crippen molar-refractivity contribution in [1.29, 1.82) is 0 Å². The fourth-order valence-electron chi connectivity index (χ4n) is 1.41. The van der Waals surface area contributed by atoms with Gasteiger partial charge in [-0.15, -0.1) is 0 Å². The SMILES string of the molecule is Cc1ccc(NS(=O)(=O)c2c[nH]c(CO)c2)cn1. The quantitative estimate of drug-likeness (QED) is 0.770. The summed E-state index contributed by atoms with van der Waals surface area (Å²) >= 11 is 0. The van der Waals surface area contributed by atoms with Gasteiger partial charge in [0.25, 0.3) is 10.0 Å². The summed E-state index contributed by atoms with van der Waals surface area (Å²) in [4.78, 5) is 6.75. The van der Waals surface area contributed by atoms with Crippen LogP contribution >= 0.6 is 0 Å². The van der Waals surface area contributed by atoms with Crippen molar-refractivity contribution in [1.82, 2.24) is 9.97 Å². The van der Waals surface area contributed by atoms with Crippen LogP contribution in [0, 0.1) is 6.92 Å². The second-order valence-electron chi connectivity index (χ2n) is 3.81. The Balaban J connectivity index is 2.24. The molecule has 0 aliphatic carbocycles. The van der Waals surface area contributed by atoms with Gasteiger partial charge in [-0.1, -0.05) is 0 Å². The zero-order valence-electron chi connectivity index (χ0n) is 9.71. The molecule has 2 rings (SSSR count). The first-order valence-corrected chi connectivity index (χ1v) is 6.73. The summed E-state index contributed by atoms with van der Waals surface area (Å²) in [5.74, 6) is 0. The molecular formula is C11H13N3O3S. The lowest BCUT2D eigenvalue weighted by Gasteiger charge is -2.05. The maximum Gasteiger partial charge on any atom is 0.263 e. The average molecular weight is 267 g/mol. The molecule has 2 heterocycles. The van der Waals surface area contributed by atoms with Crippen molar-refractivity contribution in [2.75, 3.05) is 4.72 Å². The molecule has 0 radical (unpaired) electrons. The maximum absolute atomic E-state index is 12.0. The standard InChI is InChI=1S/C11H13N3O3S/c1-8-2-3-9(5-12-8)14-18(16,17)11-4-10(7-15)13-6-11/h2-6,13-15H,7H2,1H3. The van der Waals surface area contributed by atoms with Crippen molar-refractivity contribution < 1.29 is 13.5 Å². The summed E-state index contributed by atoms with van der Waals surface area (Å²) in [6.07, 6.45) is 2.78. The molecule has 0 spiro atoms. The lowest BCUT2D eigenvalue weighted by Crippen LogP contribution is -2.12. The van der Waals surface area contributed by atoms with Gasteiger partial charge in [-0.3, -0.25) is 9.71 Å². The van der Waals surface area contributed by atoms with E-state index in [4.69, 9.17) is 5.11 Å². The van der Waals surface area contributed by atoms with Gasteiger partial charge in [-0.05, 0) is 25.1 Å². The van der Waals surface area contributed by atoms with Crippen LogP contribution in [-0.2, 0) is 16.6 Å². The first-order valence-electron chi connectivity index (χ1n) is 5.25. The fraction of sp³-hybridized carbons (Fsp3) is 0.182. The van der Waals surface area contributed by atoms with Gasteiger partial charge in [0, 0.05) is 17.6 Å². The van der Waals surface area contributed by atoms with Crippen molar-refractivity contribution in [2.24, 2.45) is 0 Å². The van der Waals surface area contributed by atoms with Crippen LogP contribution in [0.5, 0.6) is 0 Å². The van der Waals surface area contributed by atoms with Gasteiger partial charge < -0.3 is 10.1 Å². The number of nitrogens with one attached hydrogen (secondary N) is 2. The van der Waals surface area contributed by atoms with Gasteiger partial charge in [-0.2, -0.15) is 0 Å². The molecule has 0 saturated heterocycles. The van der Waals surface area contributed by atoms with E-state index in [9.17, 15) is 8.42 Å². The van der Waals surface area contributed by atoms with Gasteiger partial charge in [0.15, 0.2) is 0 Å². The first-order chi connectivity index (χ1) is 8.51. The molecule has 18 heavy (non-hydrogen) atoms. The molecule has 0 bridgehead atoms. The van der Waals surface area contributed by atoms with Crippen LogP contribution in [0.1, 0.15) is 11.4 Å². The number of aliphatic hydroxyl groups excluding tert-OH is 1.